The minimum atomic E-state index is -0.418. The molecule has 0 aliphatic carbocycles. The first-order valence-corrected chi connectivity index (χ1v) is 6.01. The molecule has 0 aliphatic rings. The Kier molecular flexibility index (Phi) is 3.84. The average Bonchev–Trinajstić information content (AvgIpc) is 2.80. The van der Waals surface area contributed by atoms with Crippen LogP contribution in [0.4, 0.5) is 5.69 Å². The summed E-state index contributed by atoms with van der Waals surface area (Å²) in [4.78, 5) is 15.8. The van der Waals surface area contributed by atoms with Crippen molar-refractivity contribution in [2.45, 2.75) is 13.5 Å². The Labute approximate surface area is 114 Å². The Morgan fingerprint density at radius 1 is 1.44 bits per heavy atom. The Hall–Kier alpha value is -1.59. The van der Waals surface area contributed by atoms with Gasteiger partial charge in [-0.15, -0.1) is 0 Å². The number of carbonyl (C=O) groups is 1. The molecular weight excluding hydrogens is 275 g/mol. The van der Waals surface area contributed by atoms with Crippen LogP contribution in [0, 0.1) is 0 Å². The van der Waals surface area contributed by atoms with Gasteiger partial charge < -0.3 is 5.32 Å². The van der Waals surface area contributed by atoms with E-state index in [1.165, 1.54) is 12.1 Å². The summed E-state index contributed by atoms with van der Waals surface area (Å²) in [5.41, 5.74) is 0.674. The second-order valence-corrected chi connectivity index (χ2v) is 4.30. The molecule has 2 aromatic heterocycles. The number of carbonyl (C=O) groups excluding carboxylic acids is 1. The van der Waals surface area contributed by atoms with Crippen molar-refractivity contribution in [3.05, 3.63) is 40.4 Å². The van der Waals surface area contributed by atoms with Crippen LogP contribution in [0.5, 0.6) is 0 Å². The van der Waals surface area contributed by atoms with Crippen LogP contribution >= 0.6 is 23.2 Å². The van der Waals surface area contributed by atoms with E-state index in [2.05, 4.69) is 15.4 Å². The van der Waals surface area contributed by atoms with Gasteiger partial charge in [0.2, 0.25) is 0 Å². The van der Waals surface area contributed by atoms with Gasteiger partial charge in [0.1, 0.15) is 10.8 Å². The van der Waals surface area contributed by atoms with Crippen molar-refractivity contribution >= 4 is 34.8 Å². The Balaban J connectivity index is 2.19. The van der Waals surface area contributed by atoms with Gasteiger partial charge in [-0.1, -0.05) is 23.2 Å². The summed E-state index contributed by atoms with van der Waals surface area (Å²) in [6.45, 7) is 2.68. The third-order valence-corrected chi connectivity index (χ3v) is 2.76. The minimum Gasteiger partial charge on any atom is -0.318 e. The molecule has 0 aliphatic heterocycles. The lowest BCUT2D eigenvalue weighted by atomic mass is 10.3. The van der Waals surface area contributed by atoms with Gasteiger partial charge in [0.25, 0.3) is 5.91 Å². The zero-order valence-corrected chi connectivity index (χ0v) is 11.0. The van der Waals surface area contributed by atoms with Gasteiger partial charge in [-0.25, -0.2) is 4.98 Å². The third kappa shape index (κ3) is 2.80. The first-order chi connectivity index (χ1) is 8.60. The van der Waals surface area contributed by atoms with Gasteiger partial charge >= 0.3 is 0 Å². The highest BCUT2D eigenvalue weighted by molar-refractivity contribution is 6.35. The molecule has 5 nitrogen and oxygen atoms in total. The van der Waals surface area contributed by atoms with Crippen LogP contribution in [-0.2, 0) is 6.54 Å². The molecule has 0 spiro atoms. The maximum atomic E-state index is 11.9. The van der Waals surface area contributed by atoms with E-state index in [0.29, 0.717) is 5.69 Å². The van der Waals surface area contributed by atoms with Crippen molar-refractivity contribution in [1.29, 1.82) is 0 Å². The van der Waals surface area contributed by atoms with Crippen LogP contribution < -0.4 is 5.32 Å². The third-order valence-electron chi connectivity index (χ3n) is 2.24. The van der Waals surface area contributed by atoms with Crippen molar-refractivity contribution in [1.82, 2.24) is 14.8 Å². The first-order valence-electron chi connectivity index (χ1n) is 5.26. The molecule has 2 heterocycles. The fourth-order valence-electron chi connectivity index (χ4n) is 1.37. The summed E-state index contributed by atoms with van der Waals surface area (Å²) >= 11 is 11.6. The molecule has 1 amide bonds. The van der Waals surface area contributed by atoms with Crippen LogP contribution in [-0.4, -0.2) is 20.7 Å². The smallest absolute Gasteiger partial charge is 0.275 e. The number of nitrogens with one attached hydrogen (secondary N) is 1. The Morgan fingerprint density at radius 2 is 2.22 bits per heavy atom. The lowest BCUT2D eigenvalue weighted by Crippen LogP contribution is -2.14. The number of rotatable bonds is 3. The predicted octanol–water partition coefficient (Wildman–Crippen LogP) is 2.86. The van der Waals surface area contributed by atoms with E-state index in [-0.39, 0.29) is 15.9 Å². The summed E-state index contributed by atoms with van der Waals surface area (Å²) in [5.74, 6) is -0.418. The summed E-state index contributed by atoms with van der Waals surface area (Å²) in [6.07, 6.45) is 3.27. The van der Waals surface area contributed by atoms with E-state index in [1.54, 1.807) is 17.1 Å². The number of anilines is 1. The molecule has 0 radical (unpaired) electrons. The topological polar surface area (TPSA) is 59.8 Å². The zero-order valence-electron chi connectivity index (χ0n) is 9.52. The number of aryl methyl sites for hydroxylation is 1. The largest absolute Gasteiger partial charge is 0.318 e. The monoisotopic (exact) mass is 284 g/mol. The summed E-state index contributed by atoms with van der Waals surface area (Å²) in [5, 5.41) is 7.16. The number of pyridine rings is 1. The number of hydrogen-bond donors (Lipinski definition) is 1. The quantitative estimate of drug-likeness (QED) is 0.882. The molecule has 0 unspecified atom stereocenters. The molecule has 0 saturated heterocycles. The maximum Gasteiger partial charge on any atom is 0.275 e. The van der Waals surface area contributed by atoms with Gasteiger partial charge in [0.05, 0.1) is 16.9 Å². The molecule has 0 aromatic carbocycles. The molecule has 94 valence electrons. The van der Waals surface area contributed by atoms with E-state index < -0.39 is 5.91 Å². The maximum absolute atomic E-state index is 11.9. The number of nitrogens with zero attached hydrogens (tertiary/aromatic N) is 3. The molecule has 0 saturated carbocycles. The van der Waals surface area contributed by atoms with Crippen LogP contribution in [0.25, 0.3) is 0 Å². The summed E-state index contributed by atoms with van der Waals surface area (Å²) in [7, 11) is 0. The highest BCUT2D eigenvalue weighted by Crippen LogP contribution is 2.18. The van der Waals surface area contributed by atoms with Crippen LogP contribution in [0.2, 0.25) is 10.2 Å². The Bertz CT molecular complexity index is 582. The molecule has 0 bridgehead atoms. The second kappa shape index (κ2) is 5.37. The van der Waals surface area contributed by atoms with Crippen molar-refractivity contribution in [2.24, 2.45) is 0 Å². The van der Waals surface area contributed by atoms with E-state index in [4.69, 9.17) is 23.2 Å². The van der Waals surface area contributed by atoms with E-state index in [0.717, 1.165) is 6.54 Å². The second-order valence-electron chi connectivity index (χ2n) is 3.50. The van der Waals surface area contributed by atoms with Crippen molar-refractivity contribution in [3.8, 4) is 0 Å². The summed E-state index contributed by atoms with van der Waals surface area (Å²) in [6, 6.07) is 3.05. The Morgan fingerprint density at radius 3 is 2.89 bits per heavy atom. The van der Waals surface area contributed by atoms with Crippen molar-refractivity contribution in [3.63, 3.8) is 0 Å². The fourth-order valence-corrected chi connectivity index (χ4v) is 1.71. The van der Waals surface area contributed by atoms with Crippen LogP contribution in [0.3, 0.4) is 0 Å². The number of hydrogen-bond acceptors (Lipinski definition) is 3. The molecule has 2 aromatic rings. The number of aromatic nitrogens is 3. The van der Waals surface area contributed by atoms with E-state index in [9.17, 15) is 4.79 Å². The molecular formula is C11H10Cl2N4O. The molecule has 0 fully saturated rings. The molecule has 18 heavy (non-hydrogen) atoms. The summed E-state index contributed by atoms with van der Waals surface area (Å²) < 4.78 is 1.70. The lowest BCUT2D eigenvalue weighted by Gasteiger charge is -2.03. The van der Waals surface area contributed by atoms with Gasteiger partial charge in [0.15, 0.2) is 0 Å². The number of halogens is 2. The van der Waals surface area contributed by atoms with Gasteiger partial charge in [0, 0.05) is 12.7 Å². The van der Waals surface area contributed by atoms with Gasteiger partial charge in [-0.3, -0.25) is 9.48 Å². The van der Waals surface area contributed by atoms with Crippen molar-refractivity contribution in [2.75, 3.05) is 5.32 Å². The highest BCUT2D eigenvalue weighted by atomic mass is 35.5. The van der Waals surface area contributed by atoms with Crippen LogP contribution in [0.1, 0.15) is 17.4 Å². The normalized spacial score (nSPS) is 10.4. The SMILES string of the molecule is CCn1cc(NC(=O)c2nc(Cl)ccc2Cl)cn1. The lowest BCUT2D eigenvalue weighted by molar-refractivity contribution is 0.102. The van der Waals surface area contributed by atoms with Gasteiger partial charge in [-0.05, 0) is 19.1 Å². The highest BCUT2D eigenvalue weighted by Gasteiger charge is 2.13. The van der Waals surface area contributed by atoms with E-state index in [1.807, 2.05) is 6.92 Å². The van der Waals surface area contributed by atoms with Crippen molar-refractivity contribution < 1.29 is 4.79 Å². The standard InChI is InChI=1S/C11H10Cl2N4O/c1-2-17-6-7(5-14-17)15-11(18)10-8(12)3-4-9(13)16-10/h3-6H,2H2,1H3,(H,15,18). The predicted molar refractivity (Wildman–Crippen MR) is 70.1 cm³/mol. The van der Waals surface area contributed by atoms with E-state index >= 15 is 0 Å². The average molecular weight is 285 g/mol. The fraction of sp³-hybridized carbons (Fsp3) is 0.182. The number of amides is 1. The molecule has 0 atom stereocenters. The molecule has 2 rings (SSSR count). The first kappa shape index (κ1) is 12.9. The van der Waals surface area contributed by atoms with Gasteiger partial charge in [-0.2, -0.15) is 5.10 Å². The minimum absolute atomic E-state index is 0.0911. The van der Waals surface area contributed by atoms with Crippen LogP contribution in [0.15, 0.2) is 24.5 Å². The zero-order chi connectivity index (χ0) is 13.1. The molecule has 7 heteroatoms. The molecule has 1 N–H and O–H groups in total.